The van der Waals surface area contributed by atoms with Crippen LogP contribution in [-0.4, -0.2) is 12.7 Å². The lowest BCUT2D eigenvalue weighted by Gasteiger charge is -2.18. The number of thiophene rings is 1. The Balaban J connectivity index is 2.28. The first-order chi connectivity index (χ1) is 12.2. The lowest BCUT2D eigenvalue weighted by atomic mass is 9.98. The molecule has 0 radical (unpaired) electrons. The summed E-state index contributed by atoms with van der Waals surface area (Å²) >= 11 is 1.87. The van der Waals surface area contributed by atoms with Crippen LogP contribution in [-0.2, 0) is 4.74 Å². The Morgan fingerprint density at radius 2 is 2.08 bits per heavy atom. The van der Waals surface area contributed by atoms with Gasteiger partial charge in [0.05, 0.1) is 6.10 Å². The van der Waals surface area contributed by atoms with Crippen molar-refractivity contribution in [3.05, 3.63) is 71.7 Å². The molecule has 2 unspecified atom stereocenters. The Morgan fingerprint density at radius 3 is 2.76 bits per heavy atom. The summed E-state index contributed by atoms with van der Waals surface area (Å²) in [6, 6.07) is 10.9. The summed E-state index contributed by atoms with van der Waals surface area (Å²) in [4.78, 5) is 1.37. The minimum absolute atomic E-state index is 0.172. The van der Waals surface area contributed by atoms with E-state index in [0.29, 0.717) is 0 Å². The van der Waals surface area contributed by atoms with Crippen molar-refractivity contribution in [1.82, 2.24) is 0 Å². The lowest BCUT2D eigenvalue weighted by molar-refractivity contribution is 0.0854. The second-order valence-electron chi connectivity index (χ2n) is 6.29. The fourth-order valence-electron chi connectivity index (χ4n) is 2.88. The zero-order valence-corrected chi connectivity index (χ0v) is 16.5. The number of ether oxygens (including phenoxy) is 1. The molecule has 25 heavy (non-hydrogen) atoms. The number of rotatable bonds is 10. The molecule has 2 heteroatoms. The van der Waals surface area contributed by atoms with E-state index in [9.17, 15) is 0 Å². The van der Waals surface area contributed by atoms with Gasteiger partial charge in [0.1, 0.15) is 0 Å². The van der Waals surface area contributed by atoms with Crippen LogP contribution in [0.1, 0.15) is 50.8 Å². The summed E-state index contributed by atoms with van der Waals surface area (Å²) < 4.78 is 7.37. The Hall–Kier alpha value is -1.64. The van der Waals surface area contributed by atoms with E-state index in [2.05, 4.69) is 69.8 Å². The molecule has 1 heterocycles. The van der Waals surface area contributed by atoms with Crippen molar-refractivity contribution in [3.8, 4) is 0 Å². The van der Waals surface area contributed by atoms with E-state index in [4.69, 9.17) is 4.74 Å². The third-order valence-corrected chi connectivity index (χ3v) is 5.63. The van der Waals surface area contributed by atoms with E-state index in [1.807, 2.05) is 23.5 Å². The van der Waals surface area contributed by atoms with Crippen molar-refractivity contribution in [1.29, 1.82) is 0 Å². The molecule has 0 saturated carbocycles. The van der Waals surface area contributed by atoms with E-state index >= 15 is 0 Å². The molecule has 0 aliphatic carbocycles. The average molecular weight is 355 g/mol. The zero-order chi connectivity index (χ0) is 18.1. The largest absolute Gasteiger partial charge is 0.374 e. The molecular formula is C23H30OS. The van der Waals surface area contributed by atoms with E-state index in [-0.39, 0.29) is 12.0 Å². The second kappa shape index (κ2) is 10.4. The van der Waals surface area contributed by atoms with Crippen molar-refractivity contribution in [3.63, 3.8) is 0 Å². The molecule has 2 aromatic rings. The van der Waals surface area contributed by atoms with Gasteiger partial charge in [-0.05, 0) is 42.9 Å². The van der Waals surface area contributed by atoms with Crippen molar-refractivity contribution < 1.29 is 4.74 Å². The number of benzene rings is 1. The van der Waals surface area contributed by atoms with E-state index in [1.54, 1.807) is 0 Å². The van der Waals surface area contributed by atoms with Gasteiger partial charge in [0.2, 0.25) is 0 Å². The SMILES string of the molecule is C=CC=CC(/C=C(/CC)C(C)OCCCC)c1cc2ccccc2s1. The molecule has 0 saturated heterocycles. The summed E-state index contributed by atoms with van der Waals surface area (Å²) in [6.45, 7) is 11.2. The Kier molecular flexibility index (Phi) is 8.17. The van der Waals surface area contributed by atoms with Crippen LogP contribution in [0.4, 0.5) is 0 Å². The molecule has 1 nitrogen and oxygen atoms in total. The summed E-state index contributed by atoms with van der Waals surface area (Å²) in [5, 5.41) is 1.32. The van der Waals surface area contributed by atoms with Crippen molar-refractivity contribution in [2.75, 3.05) is 6.61 Å². The monoisotopic (exact) mass is 354 g/mol. The fourth-order valence-corrected chi connectivity index (χ4v) is 3.99. The number of hydrogen-bond donors (Lipinski definition) is 0. The zero-order valence-electron chi connectivity index (χ0n) is 15.7. The topological polar surface area (TPSA) is 9.23 Å². The molecule has 1 aromatic heterocycles. The molecule has 0 amide bonds. The van der Waals surface area contributed by atoms with Gasteiger partial charge in [-0.15, -0.1) is 11.3 Å². The molecular weight excluding hydrogens is 324 g/mol. The number of hydrogen-bond acceptors (Lipinski definition) is 2. The van der Waals surface area contributed by atoms with Crippen LogP contribution in [0.2, 0.25) is 0 Å². The van der Waals surface area contributed by atoms with E-state index < -0.39 is 0 Å². The van der Waals surface area contributed by atoms with Crippen LogP contribution in [0, 0.1) is 0 Å². The lowest BCUT2D eigenvalue weighted by Crippen LogP contribution is -2.13. The molecule has 0 fully saturated rings. The maximum Gasteiger partial charge on any atom is 0.0757 e. The van der Waals surface area contributed by atoms with Crippen molar-refractivity contribution in [2.45, 2.75) is 52.1 Å². The molecule has 0 aliphatic heterocycles. The Morgan fingerprint density at radius 1 is 1.28 bits per heavy atom. The highest BCUT2D eigenvalue weighted by Gasteiger charge is 2.14. The summed E-state index contributed by atoms with van der Waals surface area (Å²) in [7, 11) is 0. The average Bonchev–Trinajstić information content (AvgIpc) is 3.06. The van der Waals surface area contributed by atoms with Gasteiger partial charge >= 0.3 is 0 Å². The van der Waals surface area contributed by atoms with Gasteiger partial charge in [0, 0.05) is 22.1 Å². The van der Waals surface area contributed by atoms with Gasteiger partial charge in [0.25, 0.3) is 0 Å². The molecule has 0 spiro atoms. The maximum atomic E-state index is 6.03. The molecule has 2 rings (SSSR count). The number of fused-ring (bicyclic) bond motifs is 1. The van der Waals surface area contributed by atoms with Crippen LogP contribution in [0.25, 0.3) is 10.1 Å². The first-order valence-corrected chi connectivity index (χ1v) is 10.1. The summed E-state index contributed by atoms with van der Waals surface area (Å²) in [6.07, 6.45) is 12.0. The number of unbranched alkanes of at least 4 members (excludes halogenated alkanes) is 1. The molecule has 0 N–H and O–H groups in total. The third-order valence-electron chi connectivity index (χ3n) is 4.42. The second-order valence-corrected chi connectivity index (χ2v) is 7.41. The van der Waals surface area contributed by atoms with E-state index in [0.717, 1.165) is 19.4 Å². The number of allylic oxidation sites excluding steroid dienone is 4. The van der Waals surface area contributed by atoms with Crippen LogP contribution in [0.3, 0.4) is 0 Å². The maximum absolute atomic E-state index is 6.03. The standard InChI is InChI=1S/C23H30OS/c1-5-8-12-20(16-19(7-3)18(4)24-15-9-6-2)23-17-21-13-10-11-14-22(21)25-23/h5,8,10-14,16-18,20H,1,6-7,9,15H2,2-4H3/b12-8?,19-16-. The Bertz CT molecular complexity index is 690. The quantitative estimate of drug-likeness (QED) is 0.248. The highest BCUT2D eigenvalue weighted by atomic mass is 32.1. The normalized spacial score (nSPS) is 14.9. The highest BCUT2D eigenvalue weighted by Crippen LogP contribution is 2.33. The predicted octanol–water partition coefficient (Wildman–Crippen LogP) is 7.27. The molecule has 1 aromatic carbocycles. The molecule has 134 valence electrons. The summed E-state index contributed by atoms with van der Waals surface area (Å²) in [5.74, 6) is 0.266. The Labute approximate surface area is 156 Å². The predicted molar refractivity (Wildman–Crippen MR) is 113 cm³/mol. The fraction of sp³-hybridized carbons (Fsp3) is 0.391. The molecule has 0 aliphatic rings. The first-order valence-electron chi connectivity index (χ1n) is 9.29. The highest BCUT2D eigenvalue weighted by molar-refractivity contribution is 7.19. The van der Waals surface area contributed by atoms with Gasteiger partial charge in [-0.2, -0.15) is 0 Å². The van der Waals surface area contributed by atoms with Crippen LogP contribution in [0.5, 0.6) is 0 Å². The van der Waals surface area contributed by atoms with Gasteiger partial charge in [-0.3, -0.25) is 0 Å². The van der Waals surface area contributed by atoms with Crippen molar-refractivity contribution in [2.24, 2.45) is 0 Å². The summed E-state index contributed by atoms with van der Waals surface area (Å²) in [5.41, 5.74) is 1.37. The minimum Gasteiger partial charge on any atom is -0.374 e. The van der Waals surface area contributed by atoms with E-state index in [1.165, 1.54) is 27.0 Å². The van der Waals surface area contributed by atoms with Crippen LogP contribution >= 0.6 is 11.3 Å². The van der Waals surface area contributed by atoms with Gasteiger partial charge < -0.3 is 4.74 Å². The minimum atomic E-state index is 0.172. The third kappa shape index (κ3) is 5.69. The van der Waals surface area contributed by atoms with Crippen molar-refractivity contribution >= 4 is 21.4 Å². The van der Waals surface area contributed by atoms with Gasteiger partial charge in [0.15, 0.2) is 0 Å². The molecule has 0 bridgehead atoms. The first kappa shape index (κ1) is 19.7. The van der Waals surface area contributed by atoms with Gasteiger partial charge in [-0.25, -0.2) is 0 Å². The molecule has 2 atom stereocenters. The smallest absolute Gasteiger partial charge is 0.0757 e. The van der Waals surface area contributed by atoms with Crippen LogP contribution in [0.15, 0.2) is 66.8 Å². The van der Waals surface area contributed by atoms with Gasteiger partial charge in [-0.1, -0.05) is 69.4 Å². The van der Waals surface area contributed by atoms with Crippen LogP contribution < -0.4 is 0 Å².